The Labute approximate surface area is 185 Å². The number of hydrogen-bond acceptors (Lipinski definition) is 4. The summed E-state index contributed by atoms with van der Waals surface area (Å²) < 4.78 is 7.66. The average Bonchev–Trinajstić information content (AvgIpc) is 3.22. The van der Waals surface area contributed by atoms with Gasteiger partial charge in [-0.05, 0) is 38.1 Å². The number of Topliss-reactive ketones (excluding diaryl/α,β-unsaturated/α-hetero) is 1. The summed E-state index contributed by atoms with van der Waals surface area (Å²) in [5.74, 6) is -0.114. The number of nitrogens with one attached hydrogen (secondary N) is 1. The largest absolute Gasteiger partial charge is 0.493 e. The summed E-state index contributed by atoms with van der Waals surface area (Å²) in [6.07, 6.45) is 0.321. The summed E-state index contributed by atoms with van der Waals surface area (Å²) in [6.45, 7) is 3.80. The predicted molar refractivity (Wildman–Crippen MR) is 118 cm³/mol. The molecule has 32 heavy (non-hydrogen) atoms. The van der Waals surface area contributed by atoms with Crippen LogP contribution in [-0.4, -0.2) is 40.3 Å². The second-order valence-corrected chi connectivity index (χ2v) is 8.20. The number of benzene rings is 2. The zero-order valence-corrected chi connectivity index (χ0v) is 17.9. The first-order valence-corrected chi connectivity index (χ1v) is 10.6. The number of ether oxygens (including phenoxy) is 1. The Bertz CT molecular complexity index is 1250. The smallest absolute Gasteiger partial charge is 0.325 e. The Balaban J connectivity index is 1.44. The second-order valence-electron chi connectivity index (χ2n) is 8.20. The van der Waals surface area contributed by atoms with Crippen LogP contribution in [0.5, 0.6) is 5.75 Å². The number of nitrogens with zero attached hydrogens (tertiary/aromatic N) is 2. The molecule has 0 unspecified atom stereocenters. The van der Waals surface area contributed by atoms with Gasteiger partial charge in [-0.3, -0.25) is 14.5 Å². The third kappa shape index (κ3) is 2.92. The van der Waals surface area contributed by atoms with Crippen molar-refractivity contribution in [3.63, 3.8) is 0 Å². The van der Waals surface area contributed by atoms with Crippen LogP contribution in [0.15, 0.2) is 60.7 Å². The van der Waals surface area contributed by atoms with E-state index in [4.69, 9.17) is 4.74 Å². The van der Waals surface area contributed by atoms with Gasteiger partial charge in [0.15, 0.2) is 11.3 Å². The highest BCUT2D eigenvalue weighted by molar-refractivity contribution is 6.12. The van der Waals surface area contributed by atoms with Crippen molar-refractivity contribution < 1.29 is 19.1 Å². The van der Waals surface area contributed by atoms with E-state index in [0.717, 1.165) is 22.0 Å². The molecule has 2 aromatic carbocycles. The number of rotatable bonds is 4. The van der Waals surface area contributed by atoms with E-state index in [9.17, 15) is 14.4 Å². The van der Waals surface area contributed by atoms with E-state index >= 15 is 0 Å². The van der Waals surface area contributed by atoms with Crippen LogP contribution in [0.4, 0.5) is 4.79 Å². The Morgan fingerprint density at radius 3 is 2.56 bits per heavy atom. The molecule has 1 N–H and O–H groups in total. The highest BCUT2D eigenvalue weighted by Crippen LogP contribution is 2.41. The van der Waals surface area contributed by atoms with Crippen molar-refractivity contribution in [1.29, 1.82) is 0 Å². The molecule has 1 atom stereocenters. The molecule has 2 aliphatic rings. The lowest BCUT2D eigenvalue weighted by Crippen LogP contribution is -2.47. The SMILES string of the molecule is Cc1cc(C(=O)CN2C(=O)N[C@@]3(CCOc4ccccc43)C2=O)c(C)n1-c1ccccc1. The van der Waals surface area contributed by atoms with Gasteiger partial charge >= 0.3 is 6.03 Å². The summed E-state index contributed by atoms with van der Waals surface area (Å²) in [4.78, 5) is 40.5. The van der Waals surface area contributed by atoms with Crippen LogP contribution in [0.25, 0.3) is 5.69 Å². The molecule has 7 nitrogen and oxygen atoms in total. The molecule has 162 valence electrons. The van der Waals surface area contributed by atoms with E-state index in [-0.39, 0.29) is 12.3 Å². The molecule has 1 aromatic heterocycles. The molecule has 1 fully saturated rings. The molecule has 3 aromatic rings. The first kappa shape index (κ1) is 20.1. The molecule has 5 rings (SSSR count). The van der Waals surface area contributed by atoms with E-state index < -0.39 is 17.5 Å². The Kier molecular flexibility index (Phi) is 4.62. The Hall–Kier alpha value is -3.87. The quantitative estimate of drug-likeness (QED) is 0.508. The number of carbonyl (C=O) groups excluding carboxylic acids is 3. The Morgan fingerprint density at radius 1 is 1.06 bits per heavy atom. The molecule has 0 aliphatic carbocycles. The summed E-state index contributed by atoms with van der Waals surface area (Å²) in [7, 11) is 0. The number of urea groups is 1. The number of amides is 3. The van der Waals surface area contributed by atoms with Crippen molar-refractivity contribution in [2.75, 3.05) is 13.2 Å². The molecule has 1 saturated heterocycles. The topological polar surface area (TPSA) is 80.6 Å². The molecule has 0 radical (unpaired) electrons. The first-order chi connectivity index (χ1) is 15.4. The number of hydrogen-bond donors (Lipinski definition) is 1. The predicted octanol–water partition coefficient (Wildman–Crippen LogP) is 3.51. The number of aromatic nitrogens is 1. The van der Waals surface area contributed by atoms with E-state index in [1.165, 1.54) is 0 Å². The van der Waals surface area contributed by atoms with Gasteiger partial charge in [0, 0.05) is 34.6 Å². The minimum atomic E-state index is -1.19. The van der Waals surface area contributed by atoms with Gasteiger partial charge in [-0.2, -0.15) is 0 Å². The number of para-hydroxylation sites is 2. The highest BCUT2D eigenvalue weighted by Gasteiger charge is 2.55. The molecule has 3 amide bonds. The number of ketones is 1. The van der Waals surface area contributed by atoms with Crippen molar-refractivity contribution in [3.8, 4) is 11.4 Å². The summed E-state index contributed by atoms with van der Waals surface area (Å²) in [5, 5.41) is 2.84. The summed E-state index contributed by atoms with van der Waals surface area (Å²) in [6, 6.07) is 18.2. The van der Waals surface area contributed by atoms with Crippen molar-refractivity contribution in [1.82, 2.24) is 14.8 Å². The van der Waals surface area contributed by atoms with Crippen LogP contribution >= 0.6 is 0 Å². The van der Waals surface area contributed by atoms with E-state index in [2.05, 4.69) is 5.32 Å². The lowest BCUT2D eigenvalue weighted by molar-refractivity contribution is -0.132. The van der Waals surface area contributed by atoms with Gasteiger partial charge in [-0.1, -0.05) is 36.4 Å². The molecule has 0 bridgehead atoms. The molecular formula is C25H23N3O4. The highest BCUT2D eigenvalue weighted by atomic mass is 16.5. The van der Waals surface area contributed by atoms with Crippen molar-refractivity contribution >= 4 is 17.7 Å². The third-order valence-electron chi connectivity index (χ3n) is 6.30. The fourth-order valence-electron chi connectivity index (χ4n) is 4.76. The molecule has 3 heterocycles. The van der Waals surface area contributed by atoms with Crippen molar-refractivity contribution in [2.45, 2.75) is 25.8 Å². The first-order valence-electron chi connectivity index (χ1n) is 10.6. The number of imide groups is 1. The van der Waals surface area contributed by atoms with Gasteiger partial charge in [0.05, 0.1) is 13.2 Å². The van der Waals surface area contributed by atoms with Gasteiger partial charge in [0.25, 0.3) is 5.91 Å². The van der Waals surface area contributed by atoms with E-state index in [1.807, 2.05) is 60.9 Å². The maximum absolute atomic E-state index is 13.4. The van der Waals surface area contributed by atoms with Crippen LogP contribution in [0.2, 0.25) is 0 Å². The molecular weight excluding hydrogens is 406 g/mol. The normalized spacial score (nSPS) is 19.6. The lowest BCUT2D eigenvalue weighted by Gasteiger charge is -2.33. The molecule has 7 heteroatoms. The molecule has 1 spiro atoms. The number of aryl methyl sites for hydroxylation is 1. The van der Waals surface area contributed by atoms with Crippen LogP contribution in [-0.2, 0) is 10.3 Å². The average molecular weight is 429 g/mol. The van der Waals surface area contributed by atoms with Crippen LogP contribution < -0.4 is 10.1 Å². The molecule has 0 saturated carbocycles. The monoisotopic (exact) mass is 429 g/mol. The third-order valence-corrected chi connectivity index (χ3v) is 6.30. The Morgan fingerprint density at radius 2 is 1.78 bits per heavy atom. The van der Waals surface area contributed by atoms with E-state index in [1.54, 1.807) is 18.2 Å². The van der Waals surface area contributed by atoms with Crippen LogP contribution in [0, 0.1) is 13.8 Å². The fourth-order valence-corrected chi connectivity index (χ4v) is 4.76. The van der Waals surface area contributed by atoms with Crippen LogP contribution in [0.3, 0.4) is 0 Å². The van der Waals surface area contributed by atoms with Gasteiger partial charge in [-0.25, -0.2) is 4.79 Å². The van der Waals surface area contributed by atoms with Gasteiger partial charge < -0.3 is 14.6 Å². The van der Waals surface area contributed by atoms with Crippen molar-refractivity contribution in [3.05, 3.63) is 83.2 Å². The second kappa shape index (κ2) is 7.37. The maximum atomic E-state index is 13.4. The van der Waals surface area contributed by atoms with Gasteiger partial charge in [-0.15, -0.1) is 0 Å². The van der Waals surface area contributed by atoms with Crippen LogP contribution in [0.1, 0.15) is 33.7 Å². The lowest BCUT2D eigenvalue weighted by atomic mass is 9.84. The maximum Gasteiger partial charge on any atom is 0.325 e. The number of carbonyl (C=O) groups is 3. The minimum Gasteiger partial charge on any atom is -0.493 e. The van der Waals surface area contributed by atoms with Gasteiger partial charge in [0.2, 0.25) is 0 Å². The van der Waals surface area contributed by atoms with E-state index in [0.29, 0.717) is 29.9 Å². The number of fused-ring (bicyclic) bond motifs is 2. The molecule has 2 aliphatic heterocycles. The minimum absolute atomic E-state index is 0.277. The zero-order chi connectivity index (χ0) is 22.5. The zero-order valence-electron chi connectivity index (χ0n) is 17.9. The van der Waals surface area contributed by atoms with Crippen molar-refractivity contribution in [2.24, 2.45) is 0 Å². The van der Waals surface area contributed by atoms with Gasteiger partial charge in [0.1, 0.15) is 5.75 Å². The summed E-state index contributed by atoms with van der Waals surface area (Å²) >= 11 is 0. The summed E-state index contributed by atoms with van der Waals surface area (Å²) in [5.41, 5.74) is 2.57. The standard InChI is InChI=1S/C25H23N3O4/c1-16-14-19(17(2)28(16)18-8-4-3-5-9-18)21(29)15-27-23(30)25(26-24(27)31)12-13-32-22-11-7-6-10-20(22)25/h3-11,14H,12-13,15H2,1-2H3,(H,26,31)/t25-/m1/s1. The fraction of sp³-hybridized carbons (Fsp3) is 0.240.